The molecule has 2 rings (SSSR count). The fourth-order valence-electron chi connectivity index (χ4n) is 3.19. The van der Waals surface area contributed by atoms with Crippen molar-refractivity contribution < 1.29 is 22.3 Å². The third-order valence-corrected chi connectivity index (χ3v) is 6.64. The van der Waals surface area contributed by atoms with Gasteiger partial charge in [0.1, 0.15) is 0 Å². The Bertz CT molecular complexity index is 758. The average Bonchev–Trinajstić information content (AvgIpc) is 2.87. The summed E-state index contributed by atoms with van der Waals surface area (Å²) in [6.45, 7) is 8.60. The molecule has 0 aromatic carbocycles. The van der Waals surface area contributed by atoms with E-state index < -0.39 is 27.2 Å². The van der Waals surface area contributed by atoms with Gasteiger partial charge < -0.3 is 10.1 Å². The van der Waals surface area contributed by atoms with Gasteiger partial charge >= 0.3 is 0 Å². The largest absolute Gasteiger partial charge is 0.490 e. The molecular weight excluding hydrogens is 357 g/mol. The van der Waals surface area contributed by atoms with Gasteiger partial charge in [0.15, 0.2) is 16.8 Å². The molecule has 1 N–H and O–H groups in total. The van der Waals surface area contributed by atoms with Gasteiger partial charge in [0, 0.05) is 13.0 Å². The molecule has 8 heteroatoms. The summed E-state index contributed by atoms with van der Waals surface area (Å²) in [7, 11) is -1.58. The predicted molar refractivity (Wildman–Crippen MR) is 90.9 cm³/mol. The first-order valence-corrected chi connectivity index (χ1v) is 8.98. The fraction of sp³-hybridized carbons (Fsp3) is 0.625. The second-order valence-electron chi connectivity index (χ2n) is 7.12. The summed E-state index contributed by atoms with van der Waals surface area (Å²) < 4.78 is 43.1. The number of allylic oxidation sites excluding steroid dienone is 3. The number of alkyl halides is 1. The summed E-state index contributed by atoms with van der Waals surface area (Å²) in [6.07, 6.45) is -0.999. The summed E-state index contributed by atoms with van der Waals surface area (Å²) in [5.41, 5.74) is -0.297. The number of rotatable bonds is 4. The van der Waals surface area contributed by atoms with E-state index in [1.807, 2.05) is 0 Å². The van der Waals surface area contributed by atoms with Gasteiger partial charge in [0.05, 0.1) is 17.2 Å². The minimum absolute atomic E-state index is 0.0314. The van der Waals surface area contributed by atoms with Crippen LogP contribution in [-0.2, 0) is 19.8 Å². The van der Waals surface area contributed by atoms with Gasteiger partial charge in [0.25, 0.3) is 0 Å². The van der Waals surface area contributed by atoms with Crippen molar-refractivity contribution in [3.8, 4) is 0 Å². The second-order valence-corrected chi connectivity index (χ2v) is 8.44. The van der Waals surface area contributed by atoms with Crippen LogP contribution in [0.4, 0.5) is 4.39 Å². The zero-order chi connectivity index (χ0) is 18.4. The number of ether oxygens (including phenoxy) is 1. The Hall–Kier alpha value is -1.34. The number of carbonyl (C=O) groups excluding carboxylic acids is 1. The molecule has 1 unspecified atom stereocenters. The lowest BCUT2D eigenvalue weighted by molar-refractivity contribution is -0.117. The number of halogens is 2. The highest BCUT2D eigenvalue weighted by atomic mass is 35.5. The lowest BCUT2D eigenvalue weighted by Crippen LogP contribution is -2.34. The molecule has 0 aromatic rings. The van der Waals surface area contributed by atoms with Crippen LogP contribution in [0, 0.1) is 16.7 Å². The van der Waals surface area contributed by atoms with E-state index in [9.17, 15) is 17.6 Å². The van der Waals surface area contributed by atoms with Crippen molar-refractivity contribution in [3.05, 3.63) is 22.4 Å². The minimum Gasteiger partial charge on any atom is -0.490 e. The molecule has 1 saturated carbocycles. The zero-order valence-electron chi connectivity index (χ0n) is 14.2. The van der Waals surface area contributed by atoms with Crippen LogP contribution in [-0.4, -0.2) is 39.0 Å². The molecule has 1 amide bonds. The van der Waals surface area contributed by atoms with Crippen LogP contribution >= 0.6 is 11.6 Å². The smallest absolute Gasteiger partial charge is 0.250 e. The molecule has 24 heavy (non-hydrogen) atoms. The third-order valence-electron chi connectivity index (χ3n) is 5.61. The fourth-order valence-corrected chi connectivity index (χ4v) is 4.14. The molecule has 1 fully saturated rings. The summed E-state index contributed by atoms with van der Waals surface area (Å²) in [4.78, 5) is 11.0. The van der Waals surface area contributed by atoms with Crippen molar-refractivity contribution in [1.82, 2.24) is 5.32 Å². The van der Waals surface area contributed by atoms with E-state index >= 15 is 0 Å². The summed E-state index contributed by atoms with van der Waals surface area (Å²) in [5, 5.41) is 2.16. The molecule has 134 valence electrons. The molecule has 5 nitrogen and oxygen atoms in total. The number of likely N-dealkylation sites (N-methyl/N-ethyl adjacent to an activating group) is 1. The maximum Gasteiger partial charge on any atom is 0.250 e. The van der Waals surface area contributed by atoms with Crippen molar-refractivity contribution in [2.24, 2.45) is 16.7 Å². The van der Waals surface area contributed by atoms with Gasteiger partial charge in [-0.25, -0.2) is 4.39 Å². The first kappa shape index (κ1) is 19.0. The van der Waals surface area contributed by atoms with Crippen LogP contribution in [0.3, 0.4) is 0 Å². The van der Waals surface area contributed by atoms with Crippen molar-refractivity contribution in [2.75, 3.05) is 13.7 Å². The Kier molecular flexibility index (Phi) is 4.89. The molecule has 0 saturated heterocycles. The first-order chi connectivity index (χ1) is 11.0. The number of hydrogen-bond acceptors (Lipinski definition) is 4. The molecule has 1 atom stereocenters. The highest BCUT2D eigenvalue weighted by Crippen LogP contribution is 2.68. The average molecular weight is 378 g/mol. The normalized spacial score (nSPS) is 25.2. The standard InChI is InChI=1S/C16H21ClFNO4S/c1-15(2)10(16(15,3)4)7-23-12-9(17)6-8(14(20)19-5)11(18)13(12)24(21)22/h6,10-11H,7H2,1-5H3,(H,19,20). The number of amides is 1. The minimum atomic E-state index is -2.90. The van der Waals surface area contributed by atoms with Crippen LogP contribution in [0.1, 0.15) is 27.7 Å². The number of carbonyl (C=O) groups is 1. The van der Waals surface area contributed by atoms with Crippen LogP contribution in [0.5, 0.6) is 0 Å². The van der Waals surface area contributed by atoms with Crippen molar-refractivity contribution >= 4 is 32.7 Å². The van der Waals surface area contributed by atoms with Gasteiger partial charge in [-0.2, -0.15) is 8.42 Å². The molecule has 0 aliphatic heterocycles. The van der Waals surface area contributed by atoms with E-state index in [-0.39, 0.29) is 39.7 Å². The quantitative estimate of drug-likeness (QED) is 0.762. The summed E-state index contributed by atoms with van der Waals surface area (Å²) >= 11 is 6.07. The van der Waals surface area contributed by atoms with Gasteiger partial charge in [-0.05, 0) is 16.9 Å². The number of hydrogen-bond donors (Lipinski definition) is 1. The zero-order valence-corrected chi connectivity index (χ0v) is 15.8. The molecule has 2 aliphatic rings. The van der Waals surface area contributed by atoms with Gasteiger partial charge in [-0.15, -0.1) is 0 Å². The van der Waals surface area contributed by atoms with Crippen LogP contribution in [0.25, 0.3) is 0 Å². The van der Waals surface area contributed by atoms with E-state index in [1.165, 1.54) is 7.05 Å². The third kappa shape index (κ3) is 2.88. The van der Waals surface area contributed by atoms with Gasteiger partial charge in [-0.3, -0.25) is 4.79 Å². The molecular formula is C16H21ClFNO4S. The van der Waals surface area contributed by atoms with Crippen molar-refractivity contribution in [2.45, 2.75) is 33.9 Å². The lowest BCUT2D eigenvalue weighted by atomic mass is 10.0. The van der Waals surface area contributed by atoms with Crippen LogP contribution in [0.15, 0.2) is 22.4 Å². The Morgan fingerprint density at radius 1 is 1.33 bits per heavy atom. The lowest BCUT2D eigenvalue weighted by Gasteiger charge is -2.21. The Labute approximate surface area is 147 Å². The molecule has 0 heterocycles. The highest BCUT2D eigenvalue weighted by Gasteiger charge is 2.64. The van der Waals surface area contributed by atoms with Crippen molar-refractivity contribution in [3.63, 3.8) is 0 Å². The van der Waals surface area contributed by atoms with Crippen LogP contribution < -0.4 is 5.32 Å². The van der Waals surface area contributed by atoms with Gasteiger partial charge in [0.2, 0.25) is 16.2 Å². The first-order valence-electron chi connectivity index (χ1n) is 7.53. The maximum absolute atomic E-state index is 14.5. The Morgan fingerprint density at radius 2 is 1.88 bits per heavy atom. The molecule has 0 bridgehead atoms. The molecule has 0 spiro atoms. The van der Waals surface area contributed by atoms with Crippen molar-refractivity contribution in [1.29, 1.82) is 0 Å². The van der Waals surface area contributed by atoms with E-state index in [1.54, 1.807) is 0 Å². The van der Waals surface area contributed by atoms with E-state index in [2.05, 4.69) is 33.0 Å². The van der Waals surface area contributed by atoms with Gasteiger partial charge in [-0.1, -0.05) is 39.3 Å². The van der Waals surface area contributed by atoms with E-state index in [0.29, 0.717) is 0 Å². The Morgan fingerprint density at radius 3 is 2.29 bits per heavy atom. The SMILES string of the molecule is CNC(=O)C1=CC(Cl)=C(OCC2C(C)(C)C2(C)C)C(=S(=O)=O)C1F. The predicted octanol–water partition coefficient (Wildman–Crippen LogP) is 2.21. The second kappa shape index (κ2) is 6.19. The Balaban J connectivity index is 2.35. The van der Waals surface area contributed by atoms with E-state index in [4.69, 9.17) is 16.3 Å². The molecule has 0 radical (unpaired) electrons. The van der Waals surface area contributed by atoms with E-state index in [0.717, 1.165) is 6.08 Å². The summed E-state index contributed by atoms with van der Waals surface area (Å²) in [5.74, 6) is -0.763. The monoisotopic (exact) mass is 377 g/mol. The molecule has 2 aliphatic carbocycles. The molecule has 0 aromatic heterocycles. The number of nitrogens with one attached hydrogen (secondary N) is 1. The maximum atomic E-state index is 14.5. The van der Waals surface area contributed by atoms with Crippen LogP contribution in [0.2, 0.25) is 0 Å². The topological polar surface area (TPSA) is 72.5 Å². The highest BCUT2D eigenvalue weighted by molar-refractivity contribution is 7.73. The summed E-state index contributed by atoms with van der Waals surface area (Å²) in [6, 6.07) is 0.